The van der Waals surface area contributed by atoms with Crippen LogP contribution in [-0.4, -0.2) is 59.1 Å². The lowest BCUT2D eigenvalue weighted by Crippen LogP contribution is -2.34. The first-order valence-corrected chi connectivity index (χ1v) is 8.82. The average Bonchev–Trinajstić information content (AvgIpc) is 3.18. The Labute approximate surface area is 143 Å². The summed E-state index contributed by atoms with van der Waals surface area (Å²) in [6, 6.07) is 7.68. The van der Waals surface area contributed by atoms with Crippen LogP contribution >= 0.6 is 11.3 Å². The molecule has 24 heavy (non-hydrogen) atoms. The van der Waals surface area contributed by atoms with Crippen LogP contribution in [0, 0.1) is 0 Å². The van der Waals surface area contributed by atoms with Crippen molar-refractivity contribution in [3.05, 3.63) is 35.3 Å². The molecule has 7 heteroatoms. The van der Waals surface area contributed by atoms with E-state index in [2.05, 4.69) is 22.1 Å². The molecule has 1 fully saturated rings. The van der Waals surface area contributed by atoms with Crippen molar-refractivity contribution in [1.29, 1.82) is 0 Å². The number of fused-ring (bicyclic) bond motifs is 1. The largest absolute Gasteiger partial charge is 0.356 e. The summed E-state index contributed by atoms with van der Waals surface area (Å²) < 4.78 is 5.33. The highest BCUT2D eigenvalue weighted by atomic mass is 32.1. The number of likely N-dealkylation sites (N-methyl/N-ethyl adjacent to an activating group) is 1. The lowest BCUT2D eigenvalue weighted by atomic mass is 10.2. The van der Waals surface area contributed by atoms with Gasteiger partial charge in [0.1, 0.15) is 15.6 Å². The summed E-state index contributed by atoms with van der Waals surface area (Å²) in [6.07, 6.45) is 2.65. The van der Waals surface area contributed by atoms with Gasteiger partial charge in [0, 0.05) is 19.6 Å². The Balaban J connectivity index is 1.59. The van der Waals surface area contributed by atoms with Crippen LogP contribution < -0.4 is 0 Å². The zero-order valence-electron chi connectivity index (χ0n) is 13.4. The molecule has 0 N–H and O–H groups in total. The zero-order valence-corrected chi connectivity index (χ0v) is 14.3. The Morgan fingerprint density at radius 3 is 3.00 bits per heavy atom. The Hall–Kier alpha value is -2.25. The van der Waals surface area contributed by atoms with E-state index in [-0.39, 0.29) is 5.91 Å². The van der Waals surface area contributed by atoms with Gasteiger partial charge in [0.05, 0.1) is 11.6 Å². The number of aromatic nitrogens is 2. The van der Waals surface area contributed by atoms with Crippen LogP contribution in [0.25, 0.3) is 21.7 Å². The predicted molar refractivity (Wildman–Crippen MR) is 93.1 cm³/mol. The van der Waals surface area contributed by atoms with Gasteiger partial charge < -0.3 is 14.3 Å². The van der Waals surface area contributed by atoms with E-state index in [4.69, 9.17) is 4.52 Å². The first kappa shape index (κ1) is 15.3. The predicted octanol–water partition coefficient (Wildman–Crippen LogP) is 2.73. The lowest BCUT2D eigenvalue weighted by molar-refractivity contribution is 0.0767. The maximum atomic E-state index is 12.7. The van der Waals surface area contributed by atoms with Crippen LogP contribution in [-0.2, 0) is 0 Å². The number of hydrogen-bond acceptors (Lipinski definition) is 6. The quantitative estimate of drug-likeness (QED) is 0.716. The number of thiazole rings is 1. The number of carbonyl (C=O) groups is 1. The van der Waals surface area contributed by atoms with Crippen molar-refractivity contribution in [3.63, 3.8) is 0 Å². The third-order valence-electron chi connectivity index (χ3n) is 4.30. The SMILES string of the molecule is CN1CCCN(C(=O)c2cnc(-c3noc4ccccc34)s2)CC1. The molecular formula is C17H18N4O2S. The number of benzene rings is 1. The van der Waals surface area contributed by atoms with Crippen LogP contribution in [0.1, 0.15) is 16.1 Å². The highest BCUT2D eigenvalue weighted by Gasteiger charge is 2.22. The molecule has 2 aromatic heterocycles. The summed E-state index contributed by atoms with van der Waals surface area (Å²) in [7, 11) is 2.09. The van der Waals surface area contributed by atoms with Crippen LogP contribution in [0.5, 0.6) is 0 Å². The van der Waals surface area contributed by atoms with Gasteiger partial charge in [-0.3, -0.25) is 4.79 Å². The molecule has 1 saturated heterocycles. The van der Waals surface area contributed by atoms with Gasteiger partial charge in [-0.2, -0.15) is 0 Å². The summed E-state index contributed by atoms with van der Waals surface area (Å²) in [4.78, 5) is 22.0. The smallest absolute Gasteiger partial charge is 0.265 e. The molecule has 0 aliphatic carbocycles. The fourth-order valence-corrected chi connectivity index (χ4v) is 3.81. The number of amides is 1. The van der Waals surface area contributed by atoms with E-state index in [9.17, 15) is 4.79 Å². The van der Waals surface area contributed by atoms with Gasteiger partial charge in [0.15, 0.2) is 5.58 Å². The van der Waals surface area contributed by atoms with Crippen molar-refractivity contribution in [1.82, 2.24) is 19.9 Å². The van der Waals surface area contributed by atoms with Crippen molar-refractivity contribution in [2.24, 2.45) is 0 Å². The van der Waals surface area contributed by atoms with E-state index in [1.807, 2.05) is 29.2 Å². The maximum absolute atomic E-state index is 12.7. The average molecular weight is 342 g/mol. The third kappa shape index (κ3) is 2.81. The van der Waals surface area contributed by atoms with Crippen molar-refractivity contribution < 1.29 is 9.32 Å². The number of rotatable bonds is 2. The fourth-order valence-electron chi connectivity index (χ4n) is 2.93. The second-order valence-corrected chi connectivity index (χ2v) is 7.04. The number of para-hydroxylation sites is 1. The van der Waals surface area contributed by atoms with Crippen LogP contribution in [0.15, 0.2) is 35.0 Å². The number of carbonyl (C=O) groups excluding carboxylic acids is 1. The topological polar surface area (TPSA) is 62.5 Å². The Morgan fingerprint density at radius 2 is 2.08 bits per heavy atom. The summed E-state index contributed by atoms with van der Waals surface area (Å²) in [5.41, 5.74) is 1.43. The van der Waals surface area contributed by atoms with Gasteiger partial charge in [-0.1, -0.05) is 17.3 Å². The highest BCUT2D eigenvalue weighted by molar-refractivity contribution is 7.17. The molecule has 1 aliphatic heterocycles. The van der Waals surface area contributed by atoms with E-state index < -0.39 is 0 Å². The van der Waals surface area contributed by atoms with E-state index in [0.29, 0.717) is 10.6 Å². The van der Waals surface area contributed by atoms with Crippen molar-refractivity contribution in [2.45, 2.75) is 6.42 Å². The van der Waals surface area contributed by atoms with Crippen molar-refractivity contribution in [2.75, 3.05) is 33.2 Å². The molecule has 6 nitrogen and oxygen atoms in total. The monoisotopic (exact) mass is 342 g/mol. The minimum atomic E-state index is 0.0573. The standard InChI is InChI=1S/C17H18N4O2S/c1-20-7-4-8-21(10-9-20)17(22)14-11-18-16(24-14)15-12-5-2-3-6-13(12)23-19-15/h2-3,5-6,11H,4,7-10H2,1H3. The molecule has 0 bridgehead atoms. The van der Waals surface area contributed by atoms with E-state index >= 15 is 0 Å². The maximum Gasteiger partial charge on any atom is 0.265 e. The summed E-state index contributed by atoms with van der Waals surface area (Å²) in [5.74, 6) is 0.0573. The molecule has 3 heterocycles. The molecule has 0 unspecified atom stereocenters. The van der Waals surface area contributed by atoms with Crippen LogP contribution in [0.2, 0.25) is 0 Å². The molecule has 1 aliphatic rings. The number of nitrogens with zero attached hydrogens (tertiary/aromatic N) is 4. The van der Waals surface area contributed by atoms with Crippen LogP contribution in [0.3, 0.4) is 0 Å². The second kappa shape index (κ2) is 6.33. The molecule has 3 aromatic rings. The summed E-state index contributed by atoms with van der Waals surface area (Å²) in [6.45, 7) is 3.49. The Morgan fingerprint density at radius 1 is 1.21 bits per heavy atom. The van der Waals surface area contributed by atoms with Gasteiger partial charge >= 0.3 is 0 Å². The highest BCUT2D eigenvalue weighted by Crippen LogP contribution is 2.31. The Bertz CT molecular complexity index is 872. The molecule has 0 atom stereocenters. The van der Waals surface area contributed by atoms with Gasteiger partial charge in [0.2, 0.25) is 0 Å². The molecule has 0 radical (unpaired) electrons. The van der Waals surface area contributed by atoms with Crippen LogP contribution in [0.4, 0.5) is 0 Å². The van der Waals surface area contributed by atoms with Crippen molar-refractivity contribution in [3.8, 4) is 10.7 Å². The van der Waals surface area contributed by atoms with E-state index in [0.717, 1.165) is 48.6 Å². The summed E-state index contributed by atoms with van der Waals surface area (Å²) >= 11 is 1.38. The van der Waals surface area contributed by atoms with Crippen molar-refractivity contribution >= 4 is 28.2 Å². The molecule has 4 rings (SSSR count). The van der Waals surface area contributed by atoms with E-state index in [1.54, 1.807) is 6.20 Å². The van der Waals surface area contributed by atoms with Gasteiger partial charge in [-0.15, -0.1) is 11.3 Å². The Kier molecular flexibility index (Phi) is 4.03. The van der Waals surface area contributed by atoms with E-state index in [1.165, 1.54) is 11.3 Å². The fraction of sp³-hybridized carbons (Fsp3) is 0.353. The van der Waals surface area contributed by atoms with Gasteiger partial charge in [0.25, 0.3) is 5.91 Å². The first-order valence-electron chi connectivity index (χ1n) is 8.01. The minimum absolute atomic E-state index is 0.0573. The first-order chi connectivity index (χ1) is 11.7. The molecule has 0 spiro atoms. The number of hydrogen-bond donors (Lipinski definition) is 0. The molecule has 1 aromatic carbocycles. The zero-order chi connectivity index (χ0) is 16.5. The second-order valence-electron chi connectivity index (χ2n) is 6.01. The lowest BCUT2D eigenvalue weighted by Gasteiger charge is -2.19. The normalized spacial score (nSPS) is 16.5. The van der Waals surface area contributed by atoms with Gasteiger partial charge in [-0.05, 0) is 32.1 Å². The molecular weight excluding hydrogens is 324 g/mol. The molecule has 124 valence electrons. The molecule has 0 saturated carbocycles. The third-order valence-corrected chi connectivity index (χ3v) is 5.30. The molecule has 1 amide bonds. The van der Waals surface area contributed by atoms with Gasteiger partial charge in [-0.25, -0.2) is 4.98 Å². The summed E-state index contributed by atoms with van der Waals surface area (Å²) in [5, 5.41) is 5.75. The minimum Gasteiger partial charge on any atom is -0.356 e.